The molecule has 114 valence electrons. The first-order chi connectivity index (χ1) is 11.2. The number of benzene rings is 4. The Labute approximate surface area is 142 Å². The van der Waals surface area contributed by atoms with Gasteiger partial charge in [-0.1, -0.05) is 12.1 Å². The van der Waals surface area contributed by atoms with Crippen LogP contribution in [0.3, 0.4) is 0 Å². The van der Waals surface area contributed by atoms with Crippen LogP contribution in [0.5, 0.6) is 11.5 Å². The van der Waals surface area contributed by atoms with Crippen molar-refractivity contribution in [2.24, 2.45) is 0 Å². The first-order valence-corrected chi connectivity index (χ1v) is 8.16. The molecule has 2 nitrogen and oxygen atoms in total. The van der Waals surface area contributed by atoms with Crippen molar-refractivity contribution in [1.29, 1.82) is 0 Å². The maximum absolute atomic E-state index is 5.35. The van der Waals surface area contributed by atoms with E-state index in [1.165, 1.54) is 26.9 Å². The van der Waals surface area contributed by atoms with Crippen LogP contribution < -0.4 is 9.47 Å². The van der Waals surface area contributed by atoms with Crippen LogP contribution in [0.15, 0.2) is 59.1 Å². The van der Waals surface area contributed by atoms with E-state index in [4.69, 9.17) is 9.47 Å². The third-order valence-electron chi connectivity index (χ3n) is 4.26. The predicted octanol–water partition coefficient (Wildman–Crippen LogP) is 5.93. The molecule has 0 saturated carbocycles. The highest BCUT2D eigenvalue weighted by molar-refractivity contribution is 9.10. The van der Waals surface area contributed by atoms with Crippen molar-refractivity contribution in [1.82, 2.24) is 0 Å². The summed E-state index contributed by atoms with van der Waals surface area (Å²) >= 11 is 3.78. The van der Waals surface area contributed by atoms with Gasteiger partial charge >= 0.3 is 0 Å². The van der Waals surface area contributed by atoms with E-state index in [0.29, 0.717) is 0 Å². The van der Waals surface area contributed by atoms with Crippen LogP contribution >= 0.6 is 15.9 Å². The monoisotopic (exact) mass is 366 g/mol. The van der Waals surface area contributed by atoms with Crippen molar-refractivity contribution >= 4 is 48.2 Å². The molecule has 0 atom stereocenters. The number of halogens is 1. The average Bonchev–Trinajstić information content (AvgIpc) is 2.60. The lowest BCUT2D eigenvalue weighted by Gasteiger charge is -2.10. The summed E-state index contributed by atoms with van der Waals surface area (Å²) in [6, 6.07) is 19.0. The second kappa shape index (κ2) is 5.43. The van der Waals surface area contributed by atoms with Gasteiger partial charge in [-0.15, -0.1) is 0 Å². The summed E-state index contributed by atoms with van der Waals surface area (Å²) < 4.78 is 11.8. The highest BCUT2D eigenvalue weighted by atomic mass is 79.9. The lowest BCUT2D eigenvalue weighted by Crippen LogP contribution is -1.86. The molecule has 0 N–H and O–H groups in total. The molecule has 0 heterocycles. The molecular formula is C20H15BrO2. The molecular weight excluding hydrogens is 352 g/mol. The number of methoxy groups -OCH3 is 2. The summed E-state index contributed by atoms with van der Waals surface area (Å²) in [4.78, 5) is 0. The van der Waals surface area contributed by atoms with Gasteiger partial charge in [-0.3, -0.25) is 0 Å². The highest BCUT2D eigenvalue weighted by Crippen LogP contribution is 2.37. The van der Waals surface area contributed by atoms with E-state index in [1.54, 1.807) is 14.2 Å². The van der Waals surface area contributed by atoms with Crippen LogP contribution in [0, 0.1) is 0 Å². The third-order valence-corrected chi connectivity index (χ3v) is 5.11. The maximum atomic E-state index is 5.35. The van der Waals surface area contributed by atoms with E-state index in [0.717, 1.165) is 21.4 Å². The van der Waals surface area contributed by atoms with Crippen molar-refractivity contribution in [3.63, 3.8) is 0 Å². The molecule has 3 heteroatoms. The Kier molecular flexibility index (Phi) is 3.38. The molecule has 0 radical (unpaired) electrons. The van der Waals surface area contributed by atoms with Crippen LogP contribution in [-0.2, 0) is 0 Å². The maximum Gasteiger partial charge on any atom is 0.119 e. The minimum Gasteiger partial charge on any atom is -0.497 e. The smallest absolute Gasteiger partial charge is 0.119 e. The lowest BCUT2D eigenvalue weighted by atomic mass is 9.99. The van der Waals surface area contributed by atoms with Crippen molar-refractivity contribution in [3.8, 4) is 11.5 Å². The first-order valence-electron chi connectivity index (χ1n) is 7.37. The normalized spacial score (nSPS) is 11.3. The number of hydrogen-bond donors (Lipinski definition) is 0. The fraction of sp³-hybridized carbons (Fsp3) is 0.100. The quantitative estimate of drug-likeness (QED) is 0.409. The SMILES string of the molecule is COc1ccc2cc3cc4ccc(OC)cc4c(Br)c3cc2c1. The summed E-state index contributed by atoms with van der Waals surface area (Å²) in [6.07, 6.45) is 0. The van der Waals surface area contributed by atoms with Crippen LogP contribution in [0.2, 0.25) is 0 Å². The van der Waals surface area contributed by atoms with Gasteiger partial charge in [0.2, 0.25) is 0 Å². The summed E-state index contributed by atoms with van der Waals surface area (Å²) in [5.41, 5.74) is 0. The summed E-state index contributed by atoms with van der Waals surface area (Å²) in [6.45, 7) is 0. The molecule has 0 fully saturated rings. The van der Waals surface area contributed by atoms with E-state index in [9.17, 15) is 0 Å². The molecule has 4 aromatic carbocycles. The van der Waals surface area contributed by atoms with Gasteiger partial charge in [0.05, 0.1) is 14.2 Å². The minimum absolute atomic E-state index is 0.861. The van der Waals surface area contributed by atoms with E-state index >= 15 is 0 Å². The topological polar surface area (TPSA) is 18.5 Å². The van der Waals surface area contributed by atoms with Gasteiger partial charge < -0.3 is 9.47 Å². The Hall–Kier alpha value is -2.26. The van der Waals surface area contributed by atoms with E-state index in [1.807, 2.05) is 12.1 Å². The van der Waals surface area contributed by atoms with Crippen LogP contribution in [0.25, 0.3) is 32.3 Å². The number of hydrogen-bond acceptors (Lipinski definition) is 2. The molecule has 0 aliphatic rings. The average molecular weight is 367 g/mol. The van der Waals surface area contributed by atoms with Crippen LogP contribution in [0.4, 0.5) is 0 Å². The zero-order chi connectivity index (χ0) is 16.0. The Morgan fingerprint density at radius 3 is 1.96 bits per heavy atom. The van der Waals surface area contributed by atoms with Crippen LogP contribution in [-0.4, -0.2) is 14.2 Å². The van der Waals surface area contributed by atoms with E-state index < -0.39 is 0 Å². The van der Waals surface area contributed by atoms with E-state index in [2.05, 4.69) is 58.4 Å². The van der Waals surface area contributed by atoms with Crippen molar-refractivity contribution in [2.45, 2.75) is 0 Å². The Morgan fingerprint density at radius 2 is 1.22 bits per heavy atom. The van der Waals surface area contributed by atoms with Crippen LogP contribution in [0.1, 0.15) is 0 Å². The summed E-state index contributed by atoms with van der Waals surface area (Å²) in [7, 11) is 3.38. The summed E-state index contributed by atoms with van der Waals surface area (Å²) in [5, 5.41) is 7.12. The third kappa shape index (κ3) is 2.32. The minimum atomic E-state index is 0.861. The largest absolute Gasteiger partial charge is 0.497 e. The molecule has 23 heavy (non-hydrogen) atoms. The molecule has 0 aliphatic carbocycles. The van der Waals surface area contributed by atoms with Gasteiger partial charge in [-0.2, -0.15) is 0 Å². The lowest BCUT2D eigenvalue weighted by molar-refractivity contribution is 0.415. The molecule has 0 amide bonds. The van der Waals surface area contributed by atoms with Gasteiger partial charge in [0, 0.05) is 9.86 Å². The molecule has 4 aromatic rings. The number of fused-ring (bicyclic) bond motifs is 3. The highest BCUT2D eigenvalue weighted by Gasteiger charge is 2.08. The van der Waals surface area contributed by atoms with Crippen molar-refractivity contribution in [3.05, 3.63) is 59.1 Å². The van der Waals surface area contributed by atoms with Gasteiger partial charge in [0.15, 0.2) is 0 Å². The molecule has 0 aromatic heterocycles. The second-order valence-electron chi connectivity index (χ2n) is 5.56. The molecule has 0 aliphatic heterocycles. The zero-order valence-corrected chi connectivity index (χ0v) is 14.5. The fourth-order valence-electron chi connectivity index (χ4n) is 3.02. The predicted molar refractivity (Wildman–Crippen MR) is 99.8 cm³/mol. The zero-order valence-electron chi connectivity index (χ0n) is 12.9. The molecule has 0 bridgehead atoms. The Balaban J connectivity index is 2.09. The van der Waals surface area contributed by atoms with Crippen molar-refractivity contribution < 1.29 is 9.47 Å². The first kappa shape index (κ1) is 14.3. The van der Waals surface area contributed by atoms with Gasteiger partial charge in [0.25, 0.3) is 0 Å². The van der Waals surface area contributed by atoms with Gasteiger partial charge in [-0.25, -0.2) is 0 Å². The number of ether oxygens (including phenoxy) is 2. The molecule has 0 saturated heterocycles. The fourth-order valence-corrected chi connectivity index (χ4v) is 3.71. The van der Waals surface area contributed by atoms with Crippen molar-refractivity contribution in [2.75, 3.05) is 14.2 Å². The van der Waals surface area contributed by atoms with E-state index in [-0.39, 0.29) is 0 Å². The second-order valence-corrected chi connectivity index (χ2v) is 6.36. The summed E-state index contributed by atoms with van der Waals surface area (Å²) in [5.74, 6) is 1.73. The Morgan fingerprint density at radius 1 is 0.609 bits per heavy atom. The van der Waals surface area contributed by atoms with Gasteiger partial charge in [-0.05, 0) is 85.3 Å². The van der Waals surface area contributed by atoms with Gasteiger partial charge in [0.1, 0.15) is 11.5 Å². The molecule has 0 unspecified atom stereocenters. The molecule has 0 spiro atoms. The standard InChI is InChI=1S/C20H15BrO2/c1-22-16-5-3-12-7-15-8-13-4-6-17(23-2)11-19(13)20(21)18(15)10-14(12)9-16/h3-11H,1-2H3. The number of rotatable bonds is 2. The Bertz CT molecular complexity index is 1050. The molecule has 4 rings (SSSR count).